The lowest BCUT2D eigenvalue weighted by Gasteiger charge is -2.15. The molecule has 0 unspecified atom stereocenters. The number of halogens is 2. The molecule has 7 heteroatoms. The molecular weight excluding hydrogens is 441 g/mol. The van der Waals surface area contributed by atoms with E-state index < -0.39 is 5.97 Å². The molecule has 0 aliphatic heterocycles. The number of rotatable bonds is 8. The first-order valence-corrected chi connectivity index (χ1v) is 9.56. The second-order valence-corrected chi connectivity index (χ2v) is 7.16. The van der Waals surface area contributed by atoms with Gasteiger partial charge in [0.25, 0.3) is 0 Å². The van der Waals surface area contributed by atoms with E-state index in [9.17, 15) is 14.3 Å². The molecule has 150 valence electrons. The van der Waals surface area contributed by atoms with Gasteiger partial charge in [-0.3, -0.25) is 0 Å². The molecule has 5 nitrogen and oxygen atoms in total. The summed E-state index contributed by atoms with van der Waals surface area (Å²) in [5.41, 5.74) is 2.44. The fourth-order valence-corrected chi connectivity index (χ4v) is 3.15. The molecule has 0 saturated heterocycles. The monoisotopic (exact) mass is 459 g/mol. The summed E-state index contributed by atoms with van der Waals surface area (Å²) in [5, 5.41) is 12.4. The molecular formula is C22H19BrFNO4. The number of carboxylic acid groups (broad SMARTS) is 1. The topological polar surface area (TPSA) is 67.8 Å². The van der Waals surface area contributed by atoms with Crippen LogP contribution in [-0.2, 0) is 13.2 Å². The Morgan fingerprint density at radius 3 is 2.48 bits per heavy atom. The Morgan fingerprint density at radius 1 is 1.07 bits per heavy atom. The number of anilines is 1. The van der Waals surface area contributed by atoms with Gasteiger partial charge in [0.15, 0.2) is 0 Å². The number of carbonyl (C=O) groups is 1. The van der Waals surface area contributed by atoms with Gasteiger partial charge < -0.3 is 19.9 Å². The van der Waals surface area contributed by atoms with Gasteiger partial charge in [-0.25, -0.2) is 9.18 Å². The van der Waals surface area contributed by atoms with Gasteiger partial charge in [0.1, 0.15) is 23.9 Å². The largest absolute Gasteiger partial charge is 0.495 e. The highest BCUT2D eigenvalue weighted by Crippen LogP contribution is 2.29. The Hall–Kier alpha value is -3.06. The molecule has 29 heavy (non-hydrogen) atoms. The van der Waals surface area contributed by atoms with E-state index in [1.54, 1.807) is 18.2 Å². The molecule has 0 saturated carbocycles. The summed E-state index contributed by atoms with van der Waals surface area (Å²) in [6.45, 7) is 0.685. The Morgan fingerprint density at radius 2 is 1.79 bits per heavy atom. The molecule has 3 rings (SSSR count). The van der Waals surface area contributed by atoms with E-state index in [0.29, 0.717) is 30.3 Å². The maximum atomic E-state index is 13.1. The van der Waals surface area contributed by atoms with Crippen molar-refractivity contribution in [2.24, 2.45) is 0 Å². The van der Waals surface area contributed by atoms with Crippen LogP contribution in [0.25, 0.3) is 0 Å². The molecule has 0 fully saturated rings. The van der Waals surface area contributed by atoms with Crippen LogP contribution < -0.4 is 14.8 Å². The van der Waals surface area contributed by atoms with Crippen molar-refractivity contribution in [3.63, 3.8) is 0 Å². The molecule has 3 aromatic carbocycles. The van der Waals surface area contributed by atoms with Crippen LogP contribution in [0.3, 0.4) is 0 Å². The zero-order valence-corrected chi connectivity index (χ0v) is 17.2. The van der Waals surface area contributed by atoms with E-state index in [1.165, 1.54) is 31.4 Å². The third kappa shape index (κ3) is 5.48. The molecule has 0 aromatic heterocycles. The fraction of sp³-hybridized carbons (Fsp3) is 0.136. The maximum Gasteiger partial charge on any atom is 0.335 e. The first-order chi connectivity index (χ1) is 14.0. The first-order valence-electron chi connectivity index (χ1n) is 8.77. The van der Waals surface area contributed by atoms with Crippen molar-refractivity contribution in [1.82, 2.24) is 0 Å². The minimum absolute atomic E-state index is 0.162. The van der Waals surface area contributed by atoms with Crippen molar-refractivity contribution < 1.29 is 23.8 Å². The number of hydrogen-bond acceptors (Lipinski definition) is 4. The second kappa shape index (κ2) is 9.43. The second-order valence-electron chi connectivity index (χ2n) is 6.24. The zero-order chi connectivity index (χ0) is 20.8. The van der Waals surface area contributed by atoms with Crippen molar-refractivity contribution in [3.8, 4) is 11.5 Å². The van der Waals surface area contributed by atoms with Crippen molar-refractivity contribution in [2.45, 2.75) is 13.2 Å². The highest BCUT2D eigenvalue weighted by molar-refractivity contribution is 9.10. The van der Waals surface area contributed by atoms with Crippen molar-refractivity contribution in [2.75, 3.05) is 12.4 Å². The zero-order valence-electron chi connectivity index (χ0n) is 15.6. The van der Waals surface area contributed by atoms with Gasteiger partial charge in [0.2, 0.25) is 0 Å². The van der Waals surface area contributed by atoms with E-state index >= 15 is 0 Å². The van der Waals surface area contributed by atoms with Gasteiger partial charge in [-0.1, -0.05) is 28.1 Å². The van der Waals surface area contributed by atoms with E-state index in [4.69, 9.17) is 9.47 Å². The Labute approximate surface area is 176 Å². The van der Waals surface area contributed by atoms with Crippen LogP contribution >= 0.6 is 15.9 Å². The smallest absolute Gasteiger partial charge is 0.335 e. The molecule has 0 heterocycles. The number of ether oxygens (including phenoxy) is 2. The van der Waals surface area contributed by atoms with E-state index in [1.807, 2.05) is 18.2 Å². The average Bonchev–Trinajstić information content (AvgIpc) is 2.72. The summed E-state index contributed by atoms with van der Waals surface area (Å²) >= 11 is 3.46. The quantitative estimate of drug-likeness (QED) is 0.466. The van der Waals surface area contributed by atoms with Gasteiger partial charge >= 0.3 is 5.97 Å². The lowest BCUT2D eigenvalue weighted by atomic mass is 10.1. The van der Waals surface area contributed by atoms with Crippen LogP contribution in [0.4, 0.5) is 10.1 Å². The standard InChI is InChI=1S/C22H19BrFNO4/c1-28-21-8-4-15(22(26)27)11-19(21)25-12-16-10-17(23)5-9-20(16)29-13-14-2-6-18(24)7-3-14/h2-11,25H,12-13H2,1H3,(H,26,27). The van der Waals surface area contributed by atoms with Crippen LogP contribution in [0, 0.1) is 5.82 Å². The van der Waals surface area contributed by atoms with Gasteiger partial charge in [0.05, 0.1) is 18.4 Å². The minimum Gasteiger partial charge on any atom is -0.495 e. The minimum atomic E-state index is -1.01. The van der Waals surface area contributed by atoms with Crippen molar-refractivity contribution in [3.05, 3.63) is 87.6 Å². The van der Waals surface area contributed by atoms with Crippen LogP contribution in [0.15, 0.2) is 65.1 Å². The number of carboxylic acids is 1. The van der Waals surface area contributed by atoms with E-state index in [-0.39, 0.29) is 11.4 Å². The number of hydrogen-bond donors (Lipinski definition) is 2. The fourth-order valence-electron chi connectivity index (χ4n) is 2.74. The highest BCUT2D eigenvalue weighted by atomic mass is 79.9. The molecule has 0 aliphatic rings. The molecule has 0 aliphatic carbocycles. The SMILES string of the molecule is COc1ccc(C(=O)O)cc1NCc1cc(Br)ccc1OCc1ccc(F)cc1. The molecule has 0 radical (unpaired) electrons. The van der Waals surface area contributed by atoms with Gasteiger partial charge in [-0.15, -0.1) is 0 Å². The summed E-state index contributed by atoms with van der Waals surface area (Å²) in [5.74, 6) is -0.0987. The van der Waals surface area contributed by atoms with Crippen LogP contribution in [-0.4, -0.2) is 18.2 Å². The normalized spacial score (nSPS) is 10.4. The molecule has 0 bridgehead atoms. The van der Waals surface area contributed by atoms with Crippen molar-refractivity contribution >= 4 is 27.6 Å². The number of aromatic carboxylic acids is 1. The Balaban J connectivity index is 1.77. The highest BCUT2D eigenvalue weighted by Gasteiger charge is 2.11. The Kier molecular flexibility index (Phi) is 6.72. The number of benzene rings is 3. The first kappa shape index (κ1) is 20.7. The van der Waals surface area contributed by atoms with Crippen LogP contribution in [0.5, 0.6) is 11.5 Å². The summed E-state index contributed by atoms with van der Waals surface area (Å²) in [4.78, 5) is 11.2. The lowest BCUT2D eigenvalue weighted by Crippen LogP contribution is -2.06. The summed E-state index contributed by atoms with van der Waals surface area (Å²) in [6, 6.07) is 16.4. The predicted octanol–water partition coefficient (Wildman–Crippen LogP) is 5.49. The molecule has 2 N–H and O–H groups in total. The Bertz CT molecular complexity index is 1010. The van der Waals surface area contributed by atoms with Crippen LogP contribution in [0.1, 0.15) is 21.5 Å². The van der Waals surface area contributed by atoms with Gasteiger partial charge in [-0.05, 0) is 54.1 Å². The molecule has 0 amide bonds. The van der Waals surface area contributed by atoms with E-state index in [0.717, 1.165) is 15.6 Å². The summed E-state index contributed by atoms with van der Waals surface area (Å²) in [7, 11) is 1.53. The van der Waals surface area contributed by atoms with Gasteiger partial charge in [-0.2, -0.15) is 0 Å². The summed E-state index contributed by atoms with van der Waals surface area (Å²) in [6.07, 6.45) is 0. The van der Waals surface area contributed by atoms with Crippen molar-refractivity contribution in [1.29, 1.82) is 0 Å². The van der Waals surface area contributed by atoms with Gasteiger partial charge in [0, 0.05) is 16.6 Å². The molecule has 3 aromatic rings. The third-order valence-electron chi connectivity index (χ3n) is 4.25. The predicted molar refractivity (Wildman–Crippen MR) is 112 cm³/mol. The average molecular weight is 460 g/mol. The van der Waals surface area contributed by atoms with E-state index in [2.05, 4.69) is 21.2 Å². The maximum absolute atomic E-state index is 13.1. The number of nitrogens with one attached hydrogen (secondary N) is 1. The van der Waals surface area contributed by atoms with Crippen LogP contribution in [0.2, 0.25) is 0 Å². The lowest BCUT2D eigenvalue weighted by molar-refractivity contribution is 0.0697. The molecule has 0 spiro atoms. The third-order valence-corrected chi connectivity index (χ3v) is 4.74. The summed E-state index contributed by atoms with van der Waals surface area (Å²) < 4.78 is 25.2. The number of methoxy groups -OCH3 is 1. The molecule has 0 atom stereocenters.